The zero-order valence-electron chi connectivity index (χ0n) is 16.0. The number of hydrogen-bond acceptors (Lipinski definition) is 3. The van der Waals surface area contributed by atoms with Gasteiger partial charge in [0.2, 0.25) is 0 Å². The highest BCUT2D eigenvalue weighted by atomic mass is 15.1. The van der Waals surface area contributed by atoms with Gasteiger partial charge >= 0.3 is 0 Å². The Hall–Kier alpha value is -2.75. The van der Waals surface area contributed by atoms with Crippen molar-refractivity contribution in [3.8, 4) is 0 Å². The van der Waals surface area contributed by atoms with Crippen molar-refractivity contribution in [2.75, 3.05) is 0 Å². The highest BCUT2D eigenvalue weighted by Gasteiger charge is 2.15. The van der Waals surface area contributed by atoms with Crippen LogP contribution in [0.3, 0.4) is 0 Å². The van der Waals surface area contributed by atoms with Crippen molar-refractivity contribution in [2.45, 2.75) is 41.5 Å². The van der Waals surface area contributed by atoms with Crippen molar-refractivity contribution >= 4 is 28.3 Å². The number of aryl methyl sites for hydroxylation is 3. The summed E-state index contributed by atoms with van der Waals surface area (Å²) in [6, 6.07) is 6.31. The number of imidazole rings is 1. The average molecular weight is 334 g/mol. The van der Waals surface area contributed by atoms with Gasteiger partial charge in [-0.15, -0.1) is 0 Å². The van der Waals surface area contributed by atoms with E-state index >= 15 is 0 Å². The molecule has 0 spiro atoms. The fourth-order valence-corrected chi connectivity index (χ4v) is 2.88. The molecular weight excluding hydrogens is 308 g/mol. The molecule has 0 amide bonds. The minimum atomic E-state index is 0.925. The van der Waals surface area contributed by atoms with Crippen molar-refractivity contribution in [1.29, 1.82) is 0 Å². The minimum absolute atomic E-state index is 0.925. The van der Waals surface area contributed by atoms with E-state index in [0.717, 1.165) is 39.3 Å². The van der Waals surface area contributed by atoms with Crippen LogP contribution in [0.15, 0.2) is 42.0 Å². The number of allylic oxidation sites excluding steroid dienone is 2. The third-order valence-corrected chi connectivity index (χ3v) is 3.92. The summed E-state index contributed by atoms with van der Waals surface area (Å²) in [7, 11) is 0. The third-order valence-electron chi connectivity index (χ3n) is 3.92. The van der Waals surface area contributed by atoms with Gasteiger partial charge in [0, 0.05) is 12.4 Å². The molecule has 25 heavy (non-hydrogen) atoms. The molecule has 0 aliphatic carbocycles. The summed E-state index contributed by atoms with van der Waals surface area (Å²) in [6.45, 7) is 15.8. The van der Waals surface area contributed by atoms with E-state index in [1.165, 1.54) is 11.8 Å². The normalized spacial score (nSPS) is 11.8. The van der Waals surface area contributed by atoms with Gasteiger partial charge in [-0.05, 0) is 57.0 Å². The van der Waals surface area contributed by atoms with Crippen LogP contribution in [0.4, 0.5) is 0 Å². The first kappa shape index (κ1) is 18.6. The quantitative estimate of drug-likeness (QED) is 0.598. The molecule has 1 aromatic carbocycles. The second kappa shape index (κ2) is 7.88. The van der Waals surface area contributed by atoms with Crippen molar-refractivity contribution in [2.24, 2.45) is 4.99 Å². The molecular formula is C21H26N4. The Bertz CT molecular complexity index is 975. The first-order valence-electron chi connectivity index (χ1n) is 8.60. The molecule has 0 saturated heterocycles. The molecule has 4 nitrogen and oxygen atoms in total. The third kappa shape index (κ3) is 3.53. The van der Waals surface area contributed by atoms with Crippen LogP contribution in [0, 0.1) is 20.8 Å². The molecule has 0 aliphatic rings. The zero-order chi connectivity index (χ0) is 18.6. The van der Waals surface area contributed by atoms with Gasteiger partial charge in [0.25, 0.3) is 0 Å². The lowest BCUT2D eigenvalue weighted by atomic mass is 10.2. The number of rotatable bonds is 3. The number of nitrogens with zero attached hydrogens (tertiary/aromatic N) is 4. The van der Waals surface area contributed by atoms with Crippen LogP contribution in [0.5, 0.6) is 0 Å². The van der Waals surface area contributed by atoms with E-state index in [0.29, 0.717) is 0 Å². The van der Waals surface area contributed by atoms with Crippen LogP contribution in [-0.2, 0) is 0 Å². The molecule has 2 heterocycles. The van der Waals surface area contributed by atoms with Crippen LogP contribution >= 0.6 is 0 Å². The minimum Gasteiger partial charge on any atom is -0.289 e. The van der Waals surface area contributed by atoms with Crippen LogP contribution in [0.25, 0.3) is 22.1 Å². The van der Waals surface area contributed by atoms with Crippen molar-refractivity contribution < 1.29 is 0 Å². The van der Waals surface area contributed by atoms with Crippen LogP contribution in [0.1, 0.15) is 43.5 Å². The fourth-order valence-electron chi connectivity index (χ4n) is 2.88. The molecule has 0 bridgehead atoms. The summed E-state index contributed by atoms with van der Waals surface area (Å²) in [5.41, 5.74) is 7.36. The number of fused-ring (bicyclic) bond motifs is 3. The maximum atomic E-state index is 4.78. The van der Waals surface area contributed by atoms with Crippen LogP contribution in [-0.4, -0.2) is 20.6 Å². The first-order valence-corrected chi connectivity index (χ1v) is 8.60. The highest BCUT2D eigenvalue weighted by molar-refractivity contribution is 5.87. The number of hydrogen-bond donors (Lipinski definition) is 0. The van der Waals surface area contributed by atoms with E-state index in [1.54, 1.807) is 6.21 Å². The lowest BCUT2D eigenvalue weighted by Crippen LogP contribution is -1.99. The van der Waals surface area contributed by atoms with Gasteiger partial charge in [-0.1, -0.05) is 26.5 Å². The SMILES string of the molecule is C=CN=C/C=C(\C)c1nc(C)c2c(C)nc3ccc(C)cc3n12.CC. The van der Waals surface area contributed by atoms with E-state index < -0.39 is 0 Å². The van der Waals surface area contributed by atoms with E-state index in [9.17, 15) is 0 Å². The Morgan fingerprint density at radius 1 is 1.12 bits per heavy atom. The molecule has 4 heteroatoms. The first-order chi connectivity index (χ1) is 12.0. The summed E-state index contributed by atoms with van der Waals surface area (Å²) in [5, 5.41) is 0. The Kier molecular flexibility index (Phi) is 5.86. The van der Waals surface area contributed by atoms with E-state index in [4.69, 9.17) is 9.97 Å². The zero-order valence-corrected chi connectivity index (χ0v) is 16.0. The Morgan fingerprint density at radius 2 is 1.80 bits per heavy atom. The molecule has 0 radical (unpaired) electrons. The smallest absolute Gasteiger partial charge is 0.141 e. The van der Waals surface area contributed by atoms with Crippen molar-refractivity contribution in [3.05, 3.63) is 59.8 Å². The lowest BCUT2D eigenvalue weighted by molar-refractivity contribution is 1.11. The molecule has 3 rings (SSSR count). The molecule has 0 aliphatic heterocycles. The molecule has 2 aromatic heterocycles. The molecule has 0 fully saturated rings. The molecule has 130 valence electrons. The van der Waals surface area contributed by atoms with Gasteiger partial charge in [0.15, 0.2) is 0 Å². The maximum Gasteiger partial charge on any atom is 0.141 e. The monoisotopic (exact) mass is 334 g/mol. The van der Waals surface area contributed by atoms with E-state index in [-0.39, 0.29) is 0 Å². The summed E-state index contributed by atoms with van der Waals surface area (Å²) in [6.07, 6.45) is 5.21. The van der Waals surface area contributed by atoms with Crippen LogP contribution < -0.4 is 0 Å². The molecule has 0 N–H and O–H groups in total. The standard InChI is InChI=1S/C19H20N4.C2H6/c1-6-20-10-9-13(3)19-22-15(5)18-14(4)21-16-8-7-12(2)11-17(16)23(18)19;1-2/h6-11H,1H2,2-5H3;1-2H3/b13-9+,20-10?;. The summed E-state index contributed by atoms with van der Waals surface area (Å²) >= 11 is 0. The Morgan fingerprint density at radius 3 is 2.48 bits per heavy atom. The number of aliphatic imine (C=N–C) groups is 1. The summed E-state index contributed by atoms with van der Waals surface area (Å²) in [5.74, 6) is 0.925. The topological polar surface area (TPSA) is 42.5 Å². The highest BCUT2D eigenvalue weighted by Crippen LogP contribution is 2.26. The van der Waals surface area contributed by atoms with Crippen LogP contribution in [0.2, 0.25) is 0 Å². The van der Waals surface area contributed by atoms with Gasteiger partial charge in [-0.3, -0.25) is 9.39 Å². The summed E-state index contributed by atoms with van der Waals surface area (Å²) in [4.78, 5) is 13.5. The van der Waals surface area contributed by atoms with E-state index in [1.807, 2.05) is 40.7 Å². The van der Waals surface area contributed by atoms with Gasteiger partial charge in [0.05, 0.1) is 27.9 Å². The molecule has 3 aromatic rings. The second-order valence-electron chi connectivity index (χ2n) is 5.72. The Labute approximate surface area is 149 Å². The van der Waals surface area contributed by atoms with Gasteiger partial charge in [-0.25, -0.2) is 9.97 Å². The molecule has 0 saturated carbocycles. The lowest BCUT2D eigenvalue weighted by Gasteiger charge is -2.09. The van der Waals surface area contributed by atoms with E-state index in [2.05, 4.69) is 41.1 Å². The fraction of sp³-hybridized carbons (Fsp3) is 0.286. The summed E-state index contributed by atoms with van der Waals surface area (Å²) < 4.78 is 2.20. The number of benzene rings is 1. The van der Waals surface area contributed by atoms with Gasteiger partial charge in [0.1, 0.15) is 5.82 Å². The molecule has 0 unspecified atom stereocenters. The average Bonchev–Trinajstić information content (AvgIpc) is 2.96. The largest absolute Gasteiger partial charge is 0.289 e. The number of aromatic nitrogens is 3. The molecule has 0 atom stereocenters. The Balaban J connectivity index is 0.00000109. The predicted molar refractivity (Wildman–Crippen MR) is 108 cm³/mol. The van der Waals surface area contributed by atoms with Gasteiger partial charge < -0.3 is 0 Å². The van der Waals surface area contributed by atoms with Gasteiger partial charge in [-0.2, -0.15) is 0 Å². The maximum absolute atomic E-state index is 4.78. The van der Waals surface area contributed by atoms with Crippen molar-refractivity contribution in [1.82, 2.24) is 14.4 Å². The predicted octanol–water partition coefficient (Wildman–Crippen LogP) is 5.45. The second-order valence-corrected chi connectivity index (χ2v) is 5.72. The van der Waals surface area contributed by atoms with Crippen molar-refractivity contribution in [3.63, 3.8) is 0 Å².